The summed E-state index contributed by atoms with van der Waals surface area (Å²) in [5.41, 5.74) is 0.188. The van der Waals surface area contributed by atoms with Gasteiger partial charge in [-0.15, -0.1) is 0 Å². The molecule has 0 saturated heterocycles. The van der Waals surface area contributed by atoms with Gasteiger partial charge in [0.1, 0.15) is 18.2 Å². The van der Waals surface area contributed by atoms with E-state index in [1.807, 2.05) is 18.2 Å². The number of ether oxygens (including phenoxy) is 2. The average molecular weight is 452 g/mol. The van der Waals surface area contributed by atoms with Gasteiger partial charge >= 0.3 is 12.1 Å². The Morgan fingerprint density at radius 2 is 1.70 bits per heavy atom. The summed E-state index contributed by atoms with van der Waals surface area (Å²) >= 11 is 12.0. The zero-order valence-electron chi connectivity index (χ0n) is 16.9. The highest BCUT2D eigenvalue weighted by atomic mass is 35.5. The van der Waals surface area contributed by atoms with E-state index in [9.17, 15) is 14.4 Å². The molecule has 160 valence electrons. The minimum Gasteiger partial charge on any atom is -0.459 e. The summed E-state index contributed by atoms with van der Waals surface area (Å²) in [7, 11) is 0. The molecule has 6 nitrogen and oxygen atoms in total. The standard InChI is InChI=1S/C22H23Cl2NO5/c1-22(2,3)30-21(28)25-18(20(27)29-13-14-7-5-4-6-8-14)12-19(26)16-10-9-15(23)11-17(16)24/h4-11,18H,12-13H2,1-3H3,(H,25,28). The number of nitrogens with one attached hydrogen (secondary N) is 1. The van der Waals surface area contributed by atoms with Gasteiger partial charge in [0.25, 0.3) is 0 Å². The number of alkyl carbamates (subject to hydrolysis) is 1. The molecule has 1 amide bonds. The molecule has 0 heterocycles. The second kappa shape index (κ2) is 10.5. The van der Waals surface area contributed by atoms with Gasteiger partial charge in [-0.25, -0.2) is 9.59 Å². The molecular formula is C22H23Cl2NO5. The molecule has 0 aliphatic heterocycles. The average Bonchev–Trinajstić information content (AvgIpc) is 2.64. The minimum atomic E-state index is -1.25. The quantitative estimate of drug-likeness (QED) is 0.461. The number of benzene rings is 2. The Morgan fingerprint density at radius 1 is 1.03 bits per heavy atom. The van der Waals surface area contributed by atoms with Crippen molar-refractivity contribution in [3.8, 4) is 0 Å². The van der Waals surface area contributed by atoms with Crippen molar-refractivity contribution in [1.29, 1.82) is 0 Å². The van der Waals surface area contributed by atoms with Crippen LogP contribution in [0.3, 0.4) is 0 Å². The minimum absolute atomic E-state index is 0.00205. The summed E-state index contributed by atoms with van der Waals surface area (Å²) < 4.78 is 10.5. The van der Waals surface area contributed by atoms with Gasteiger partial charge in [-0.1, -0.05) is 53.5 Å². The Balaban J connectivity index is 2.13. The highest BCUT2D eigenvalue weighted by Crippen LogP contribution is 2.23. The van der Waals surface area contributed by atoms with Gasteiger partial charge in [0.05, 0.1) is 5.02 Å². The molecule has 2 aromatic carbocycles. The first-order chi connectivity index (χ1) is 14.0. The van der Waals surface area contributed by atoms with Crippen LogP contribution in [0.4, 0.5) is 4.79 Å². The number of ketones is 1. The van der Waals surface area contributed by atoms with E-state index in [0.717, 1.165) is 5.56 Å². The van der Waals surface area contributed by atoms with Crippen LogP contribution in [0.1, 0.15) is 43.1 Å². The molecule has 0 aromatic heterocycles. The van der Waals surface area contributed by atoms with Gasteiger partial charge in [0.15, 0.2) is 5.78 Å². The fraction of sp³-hybridized carbons (Fsp3) is 0.318. The molecule has 2 aromatic rings. The van der Waals surface area contributed by atoms with Gasteiger partial charge in [-0.3, -0.25) is 4.79 Å². The van der Waals surface area contributed by atoms with Crippen molar-refractivity contribution in [1.82, 2.24) is 5.32 Å². The summed E-state index contributed by atoms with van der Waals surface area (Å²) in [5, 5.41) is 2.95. The summed E-state index contributed by atoms with van der Waals surface area (Å²) in [6.07, 6.45) is -1.19. The third-order valence-corrected chi connectivity index (χ3v) is 4.37. The number of hydrogen-bond acceptors (Lipinski definition) is 5. The second-order valence-corrected chi connectivity index (χ2v) is 8.39. The monoisotopic (exact) mass is 451 g/mol. The zero-order valence-corrected chi connectivity index (χ0v) is 18.4. The van der Waals surface area contributed by atoms with Gasteiger partial charge in [-0.05, 0) is 44.5 Å². The molecule has 0 radical (unpaired) electrons. The molecule has 0 bridgehead atoms. The predicted octanol–water partition coefficient (Wildman–Crippen LogP) is 5.20. The van der Waals surface area contributed by atoms with Crippen LogP contribution in [0.2, 0.25) is 10.0 Å². The van der Waals surface area contributed by atoms with Gasteiger partial charge in [0, 0.05) is 17.0 Å². The Morgan fingerprint density at radius 3 is 2.30 bits per heavy atom. The van der Waals surface area contributed by atoms with E-state index in [4.69, 9.17) is 32.7 Å². The van der Waals surface area contributed by atoms with Crippen LogP contribution in [-0.4, -0.2) is 29.5 Å². The van der Waals surface area contributed by atoms with E-state index in [-0.39, 0.29) is 23.6 Å². The molecule has 0 aliphatic rings. The largest absolute Gasteiger partial charge is 0.459 e. The molecule has 1 atom stereocenters. The van der Waals surface area contributed by atoms with Gasteiger partial charge in [0.2, 0.25) is 0 Å². The number of hydrogen-bond donors (Lipinski definition) is 1. The number of amides is 1. The van der Waals surface area contributed by atoms with Crippen LogP contribution in [0.5, 0.6) is 0 Å². The van der Waals surface area contributed by atoms with Crippen LogP contribution in [-0.2, 0) is 20.9 Å². The van der Waals surface area contributed by atoms with Crippen molar-refractivity contribution in [2.75, 3.05) is 0 Å². The molecule has 30 heavy (non-hydrogen) atoms. The first kappa shape index (κ1) is 23.7. The first-order valence-corrected chi connectivity index (χ1v) is 9.99. The topological polar surface area (TPSA) is 81.7 Å². The maximum atomic E-state index is 12.7. The zero-order chi connectivity index (χ0) is 22.3. The van der Waals surface area contributed by atoms with E-state index in [2.05, 4.69) is 5.32 Å². The van der Waals surface area contributed by atoms with Crippen molar-refractivity contribution >= 4 is 41.0 Å². The number of halogens is 2. The van der Waals surface area contributed by atoms with Crippen molar-refractivity contribution in [2.45, 2.75) is 45.4 Å². The number of carbonyl (C=O) groups is 3. The summed E-state index contributed by atoms with van der Waals surface area (Å²) in [5.74, 6) is -1.21. The Bertz CT molecular complexity index is 909. The van der Waals surface area contributed by atoms with Crippen molar-refractivity contribution < 1.29 is 23.9 Å². The maximum Gasteiger partial charge on any atom is 0.408 e. The van der Waals surface area contributed by atoms with E-state index in [1.54, 1.807) is 32.9 Å². The van der Waals surface area contributed by atoms with E-state index in [0.29, 0.717) is 5.02 Å². The molecule has 8 heteroatoms. The van der Waals surface area contributed by atoms with Crippen LogP contribution in [0, 0.1) is 0 Å². The van der Waals surface area contributed by atoms with Crippen molar-refractivity contribution in [3.63, 3.8) is 0 Å². The lowest BCUT2D eigenvalue weighted by Gasteiger charge is -2.23. The van der Waals surface area contributed by atoms with Crippen LogP contribution >= 0.6 is 23.2 Å². The van der Waals surface area contributed by atoms with E-state index < -0.39 is 29.5 Å². The number of rotatable bonds is 7. The maximum absolute atomic E-state index is 12.7. The number of esters is 1. The summed E-state index contributed by atoms with van der Waals surface area (Å²) in [6.45, 7) is 5.07. The summed E-state index contributed by atoms with van der Waals surface area (Å²) in [6, 6.07) is 12.2. The smallest absolute Gasteiger partial charge is 0.408 e. The number of Topliss-reactive ketones (excluding diaryl/α,β-unsaturated/α-hetero) is 1. The molecule has 0 aliphatic carbocycles. The van der Waals surface area contributed by atoms with Crippen LogP contribution < -0.4 is 5.32 Å². The van der Waals surface area contributed by atoms with Crippen LogP contribution in [0.25, 0.3) is 0 Å². The lowest BCUT2D eigenvalue weighted by atomic mass is 10.0. The van der Waals surface area contributed by atoms with Crippen molar-refractivity contribution in [2.24, 2.45) is 0 Å². The third kappa shape index (κ3) is 7.69. The first-order valence-electron chi connectivity index (χ1n) is 9.23. The normalized spacial score (nSPS) is 12.0. The fourth-order valence-electron chi connectivity index (χ4n) is 2.48. The molecular weight excluding hydrogens is 429 g/mol. The molecule has 0 spiro atoms. The summed E-state index contributed by atoms with van der Waals surface area (Å²) in [4.78, 5) is 37.5. The second-order valence-electron chi connectivity index (χ2n) is 7.54. The fourth-order valence-corrected chi connectivity index (χ4v) is 3.00. The Hall–Kier alpha value is -2.57. The van der Waals surface area contributed by atoms with E-state index >= 15 is 0 Å². The molecule has 2 rings (SSSR count). The predicted molar refractivity (Wildman–Crippen MR) is 115 cm³/mol. The molecule has 1 N–H and O–H groups in total. The molecule has 1 unspecified atom stereocenters. The molecule has 0 saturated carbocycles. The Kier molecular flexibility index (Phi) is 8.26. The Labute approximate surface area is 185 Å². The van der Waals surface area contributed by atoms with Gasteiger partial charge < -0.3 is 14.8 Å². The lowest BCUT2D eigenvalue weighted by Crippen LogP contribution is -2.45. The highest BCUT2D eigenvalue weighted by Gasteiger charge is 2.29. The van der Waals surface area contributed by atoms with Crippen molar-refractivity contribution in [3.05, 3.63) is 69.7 Å². The van der Waals surface area contributed by atoms with Crippen LogP contribution in [0.15, 0.2) is 48.5 Å². The SMILES string of the molecule is CC(C)(C)OC(=O)NC(CC(=O)c1ccc(Cl)cc1Cl)C(=O)OCc1ccccc1. The lowest BCUT2D eigenvalue weighted by molar-refractivity contribution is -0.147. The third-order valence-electron chi connectivity index (χ3n) is 3.82. The number of carbonyl (C=O) groups excluding carboxylic acids is 3. The van der Waals surface area contributed by atoms with E-state index in [1.165, 1.54) is 18.2 Å². The highest BCUT2D eigenvalue weighted by molar-refractivity contribution is 6.36. The van der Waals surface area contributed by atoms with Gasteiger partial charge in [-0.2, -0.15) is 0 Å². The molecule has 0 fully saturated rings.